The summed E-state index contributed by atoms with van der Waals surface area (Å²) in [6.07, 6.45) is 2.36. The molecule has 1 aromatic rings. The van der Waals surface area contributed by atoms with Crippen LogP contribution in [0.25, 0.3) is 0 Å². The first-order valence-electron chi connectivity index (χ1n) is 4.70. The summed E-state index contributed by atoms with van der Waals surface area (Å²) in [5.74, 6) is 0.431. The topological polar surface area (TPSA) is 51.5 Å². The molecule has 4 heteroatoms. The standard InChI is InChI=1S/C10H15NO3/c1-3-8(2)10(12)14-11-7-9-5-4-6-13-9/h4-6,8,11H,3,7H2,1-2H3. The largest absolute Gasteiger partial charge is 0.468 e. The van der Waals surface area contributed by atoms with E-state index < -0.39 is 0 Å². The second kappa shape index (κ2) is 5.44. The number of rotatable bonds is 5. The molecule has 0 spiro atoms. The molecule has 0 aromatic carbocycles. The van der Waals surface area contributed by atoms with Gasteiger partial charge in [0.1, 0.15) is 5.76 Å². The first kappa shape index (κ1) is 10.8. The third-order valence-corrected chi connectivity index (χ3v) is 2.01. The van der Waals surface area contributed by atoms with E-state index >= 15 is 0 Å². The molecule has 0 amide bonds. The summed E-state index contributed by atoms with van der Waals surface area (Å²) in [4.78, 5) is 16.0. The van der Waals surface area contributed by atoms with E-state index in [-0.39, 0.29) is 11.9 Å². The van der Waals surface area contributed by atoms with Gasteiger partial charge in [-0.05, 0) is 18.6 Å². The Bertz CT molecular complexity index is 269. The van der Waals surface area contributed by atoms with E-state index in [1.807, 2.05) is 19.9 Å². The van der Waals surface area contributed by atoms with Crippen LogP contribution < -0.4 is 5.48 Å². The first-order chi connectivity index (χ1) is 6.74. The van der Waals surface area contributed by atoms with E-state index in [0.717, 1.165) is 12.2 Å². The normalized spacial score (nSPS) is 12.4. The molecule has 14 heavy (non-hydrogen) atoms. The number of carbonyl (C=O) groups excluding carboxylic acids is 1. The van der Waals surface area contributed by atoms with Gasteiger partial charge in [0.05, 0.1) is 18.7 Å². The molecule has 1 aromatic heterocycles. The van der Waals surface area contributed by atoms with Crippen molar-refractivity contribution in [2.75, 3.05) is 0 Å². The molecule has 1 rings (SSSR count). The van der Waals surface area contributed by atoms with E-state index in [9.17, 15) is 4.79 Å². The summed E-state index contributed by atoms with van der Waals surface area (Å²) < 4.78 is 5.05. The molecule has 0 bridgehead atoms. The molecular weight excluding hydrogens is 182 g/mol. The van der Waals surface area contributed by atoms with Crippen LogP contribution in [0.5, 0.6) is 0 Å². The van der Waals surface area contributed by atoms with E-state index in [0.29, 0.717) is 6.54 Å². The zero-order chi connectivity index (χ0) is 10.4. The number of hydrogen-bond acceptors (Lipinski definition) is 4. The monoisotopic (exact) mass is 197 g/mol. The maximum atomic E-state index is 11.2. The zero-order valence-electron chi connectivity index (χ0n) is 8.45. The van der Waals surface area contributed by atoms with Gasteiger partial charge in [-0.1, -0.05) is 13.8 Å². The van der Waals surface area contributed by atoms with Crippen LogP contribution in [-0.4, -0.2) is 5.97 Å². The van der Waals surface area contributed by atoms with Crippen molar-refractivity contribution in [1.29, 1.82) is 0 Å². The van der Waals surface area contributed by atoms with Crippen LogP contribution in [0.1, 0.15) is 26.0 Å². The Labute approximate surface area is 83.2 Å². The lowest BCUT2D eigenvalue weighted by molar-refractivity contribution is -0.156. The van der Waals surface area contributed by atoms with Crippen molar-refractivity contribution >= 4 is 5.97 Å². The third-order valence-electron chi connectivity index (χ3n) is 2.01. The van der Waals surface area contributed by atoms with Gasteiger partial charge >= 0.3 is 5.97 Å². The number of carbonyl (C=O) groups is 1. The highest BCUT2D eigenvalue weighted by Crippen LogP contribution is 2.03. The molecule has 4 nitrogen and oxygen atoms in total. The molecule has 1 unspecified atom stereocenters. The van der Waals surface area contributed by atoms with Crippen LogP contribution in [0, 0.1) is 5.92 Å². The lowest BCUT2D eigenvalue weighted by Gasteiger charge is -2.08. The van der Waals surface area contributed by atoms with Crippen LogP contribution in [0.2, 0.25) is 0 Å². The van der Waals surface area contributed by atoms with Gasteiger partial charge in [0.25, 0.3) is 0 Å². The van der Waals surface area contributed by atoms with Gasteiger partial charge < -0.3 is 9.25 Å². The van der Waals surface area contributed by atoms with Gasteiger partial charge in [-0.3, -0.25) is 4.79 Å². The van der Waals surface area contributed by atoms with Crippen molar-refractivity contribution in [3.8, 4) is 0 Å². The van der Waals surface area contributed by atoms with Crippen LogP contribution >= 0.6 is 0 Å². The molecule has 0 aliphatic heterocycles. The minimum absolute atomic E-state index is 0.0703. The average molecular weight is 197 g/mol. The molecule has 0 aliphatic carbocycles. The highest BCUT2D eigenvalue weighted by atomic mass is 16.7. The second-order valence-electron chi connectivity index (χ2n) is 3.13. The van der Waals surface area contributed by atoms with Gasteiger partial charge in [-0.15, -0.1) is 5.48 Å². The summed E-state index contributed by atoms with van der Waals surface area (Å²) in [7, 11) is 0. The maximum absolute atomic E-state index is 11.2. The van der Waals surface area contributed by atoms with Crippen LogP contribution in [0.3, 0.4) is 0 Å². The fourth-order valence-electron chi connectivity index (χ4n) is 0.859. The molecular formula is C10H15NO3. The Morgan fingerprint density at radius 3 is 3.07 bits per heavy atom. The fraction of sp³-hybridized carbons (Fsp3) is 0.500. The average Bonchev–Trinajstić information content (AvgIpc) is 2.69. The summed E-state index contributed by atoms with van der Waals surface area (Å²) in [5, 5.41) is 0. The minimum Gasteiger partial charge on any atom is -0.468 e. The SMILES string of the molecule is CCC(C)C(=O)ONCc1ccco1. The molecule has 0 saturated carbocycles. The Kier molecular flexibility index (Phi) is 4.19. The Morgan fingerprint density at radius 1 is 1.71 bits per heavy atom. The van der Waals surface area contributed by atoms with Gasteiger partial charge in [0.2, 0.25) is 0 Å². The van der Waals surface area contributed by atoms with Crippen molar-refractivity contribution in [3.63, 3.8) is 0 Å². The first-order valence-corrected chi connectivity index (χ1v) is 4.70. The van der Waals surface area contributed by atoms with Crippen molar-refractivity contribution in [2.24, 2.45) is 5.92 Å². The fourth-order valence-corrected chi connectivity index (χ4v) is 0.859. The van der Waals surface area contributed by atoms with E-state index in [4.69, 9.17) is 9.25 Å². The maximum Gasteiger partial charge on any atom is 0.327 e. The molecule has 0 saturated heterocycles. The predicted molar refractivity (Wildman–Crippen MR) is 51.1 cm³/mol. The summed E-state index contributed by atoms with van der Waals surface area (Å²) in [5.41, 5.74) is 2.56. The minimum atomic E-state index is -0.237. The lowest BCUT2D eigenvalue weighted by Crippen LogP contribution is -2.23. The number of hydrogen-bond donors (Lipinski definition) is 1. The van der Waals surface area contributed by atoms with Gasteiger partial charge in [0.15, 0.2) is 0 Å². The van der Waals surface area contributed by atoms with Crippen molar-refractivity contribution in [1.82, 2.24) is 5.48 Å². The number of nitrogens with one attached hydrogen (secondary N) is 1. The van der Waals surface area contributed by atoms with Gasteiger partial charge in [-0.2, -0.15) is 0 Å². The predicted octanol–water partition coefficient (Wildman–Crippen LogP) is 1.87. The highest BCUT2D eigenvalue weighted by Gasteiger charge is 2.11. The lowest BCUT2D eigenvalue weighted by atomic mass is 10.1. The second-order valence-corrected chi connectivity index (χ2v) is 3.13. The van der Waals surface area contributed by atoms with Crippen LogP contribution in [0.15, 0.2) is 22.8 Å². The molecule has 1 N–H and O–H groups in total. The Hall–Kier alpha value is -1.29. The van der Waals surface area contributed by atoms with Crippen molar-refractivity contribution in [2.45, 2.75) is 26.8 Å². The summed E-state index contributed by atoms with van der Waals surface area (Å²) in [6, 6.07) is 3.59. The zero-order valence-corrected chi connectivity index (χ0v) is 8.45. The summed E-state index contributed by atoms with van der Waals surface area (Å²) >= 11 is 0. The molecule has 0 aliphatic rings. The van der Waals surface area contributed by atoms with Crippen LogP contribution in [-0.2, 0) is 16.2 Å². The number of hydroxylamine groups is 1. The van der Waals surface area contributed by atoms with Gasteiger partial charge in [-0.25, -0.2) is 0 Å². The van der Waals surface area contributed by atoms with Crippen molar-refractivity contribution < 1.29 is 14.0 Å². The van der Waals surface area contributed by atoms with E-state index in [1.54, 1.807) is 12.3 Å². The van der Waals surface area contributed by atoms with Gasteiger partial charge in [0, 0.05) is 0 Å². The van der Waals surface area contributed by atoms with Crippen LogP contribution in [0.4, 0.5) is 0 Å². The van der Waals surface area contributed by atoms with E-state index in [1.165, 1.54) is 0 Å². The van der Waals surface area contributed by atoms with Crippen molar-refractivity contribution in [3.05, 3.63) is 24.2 Å². The quantitative estimate of drug-likeness (QED) is 0.732. The highest BCUT2D eigenvalue weighted by molar-refractivity contribution is 5.71. The van der Waals surface area contributed by atoms with E-state index in [2.05, 4.69) is 5.48 Å². The molecule has 78 valence electrons. The number of furan rings is 1. The molecule has 0 radical (unpaired) electrons. The Balaban J connectivity index is 2.18. The molecule has 0 fully saturated rings. The Morgan fingerprint density at radius 2 is 2.50 bits per heavy atom. The third kappa shape index (κ3) is 3.22. The smallest absolute Gasteiger partial charge is 0.327 e. The molecule has 1 heterocycles. The molecule has 1 atom stereocenters. The summed E-state index contributed by atoms with van der Waals surface area (Å²) in [6.45, 7) is 4.17.